The number of aromatic carboxylic acids is 1. The van der Waals surface area contributed by atoms with Crippen molar-refractivity contribution in [3.05, 3.63) is 29.6 Å². The Morgan fingerprint density at radius 2 is 2.40 bits per heavy atom. The molecule has 0 unspecified atom stereocenters. The molecular weight excluding hydrogens is 136 g/mol. The van der Waals surface area contributed by atoms with E-state index in [-0.39, 0.29) is 11.2 Å². The first-order chi connectivity index (χ1) is 4.70. The predicted octanol–water partition coefficient (Wildman–Crippen LogP) is -0.0176. The number of carboxylic acids is 1. The van der Waals surface area contributed by atoms with Crippen LogP contribution in [0.3, 0.4) is 0 Å². The molecular formula is C6H5O4+. The monoisotopic (exact) mass is 141 g/mol. The van der Waals surface area contributed by atoms with E-state index in [0.29, 0.717) is 0 Å². The molecule has 1 heterocycles. The Kier molecular flexibility index (Phi) is 1.53. The van der Waals surface area contributed by atoms with Gasteiger partial charge >= 0.3 is 11.4 Å². The molecule has 0 aromatic carbocycles. The Bertz CT molecular complexity index is 299. The van der Waals surface area contributed by atoms with Gasteiger partial charge in [0.2, 0.25) is 5.76 Å². The highest BCUT2D eigenvalue weighted by molar-refractivity contribution is 5.83. The molecule has 0 aliphatic heterocycles. The van der Waals surface area contributed by atoms with Crippen LogP contribution in [-0.4, -0.2) is 15.9 Å². The molecule has 1 aromatic heterocycles. The average Bonchev–Trinajstić information content (AvgIpc) is 1.88. The van der Waals surface area contributed by atoms with Gasteiger partial charge in [-0.3, -0.25) is 4.79 Å². The van der Waals surface area contributed by atoms with Crippen LogP contribution >= 0.6 is 0 Å². The number of hydrogen-bond acceptors (Lipinski definition) is 2. The first-order valence-electron chi connectivity index (χ1n) is 2.54. The maximum Gasteiger partial charge on any atom is 0.372 e. The second-order valence-corrected chi connectivity index (χ2v) is 1.66. The third-order valence-corrected chi connectivity index (χ3v) is 0.924. The molecule has 0 aliphatic carbocycles. The average molecular weight is 141 g/mol. The lowest BCUT2D eigenvalue weighted by atomic mass is 10.4. The Morgan fingerprint density at radius 3 is 2.80 bits per heavy atom. The van der Waals surface area contributed by atoms with Crippen LogP contribution in [0.2, 0.25) is 0 Å². The second kappa shape index (κ2) is 2.34. The van der Waals surface area contributed by atoms with Gasteiger partial charge in [-0.2, -0.15) is 0 Å². The van der Waals surface area contributed by atoms with Crippen molar-refractivity contribution >= 4 is 5.97 Å². The van der Waals surface area contributed by atoms with Crippen molar-refractivity contribution < 1.29 is 19.1 Å². The molecule has 0 bridgehead atoms. The van der Waals surface area contributed by atoms with E-state index in [2.05, 4.69) is 4.42 Å². The minimum Gasteiger partial charge on any atom is -0.475 e. The Hall–Kier alpha value is -1.58. The molecule has 52 valence electrons. The van der Waals surface area contributed by atoms with Gasteiger partial charge in [0.25, 0.3) is 0 Å². The van der Waals surface area contributed by atoms with Gasteiger partial charge < -0.3 is 9.52 Å². The standard InChI is InChI=1S/C6H4O4/c7-4-1-2-10-5(3-4)6(8)9/h1-3H,(H,8,9)/p+1. The molecule has 1 aromatic rings. The molecule has 4 nitrogen and oxygen atoms in total. The highest BCUT2D eigenvalue weighted by Crippen LogP contribution is 1.91. The first-order valence-corrected chi connectivity index (χ1v) is 2.54. The summed E-state index contributed by atoms with van der Waals surface area (Å²) in [5.74, 6) is -1.48. The Labute approximate surface area is 55.7 Å². The van der Waals surface area contributed by atoms with E-state index in [1.807, 2.05) is 0 Å². The lowest BCUT2D eigenvalue weighted by Crippen LogP contribution is -2.04. The van der Waals surface area contributed by atoms with E-state index in [1.54, 1.807) is 0 Å². The van der Waals surface area contributed by atoms with Gasteiger partial charge in [0.15, 0.2) is 0 Å². The smallest absolute Gasteiger partial charge is 0.372 e. The minimum absolute atomic E-state index is 0.122. The van der Waals surface area contributed by atoms with Crippen molar-refractivity contribution in [1.82, 2.24) is 0 Å². The highest BCUT2D eigenvalue weighted by atomic mass is 16.4. The van der Waals surface area contributed by atoms with Crippen LogP contribution in [0.25, 0.3) is 0 Å². The topological polar surface area (TPSA) is 71.8 Å². The SMILES string of the molecule is O=C(O)c1cc(=[OH+])cco1. The lowest BCUT2D eigenvalue weighted by Gasteiger charge is -1.85. The molecule has 0 saturated carbocycles. The van der Waals surface area contributed by atoms with Crippen molar-refractivity contribution in [1.29, 1.82) is 0 Å². The summed E-state index contributed by atoms with van der Waals surface area (Å²) in [6, 6.07) is 2.29. The normalized spacial score (nSPS) is 9.20. The Balaban J connectivity index is 3.20. The summed E-state index contributed by atoms with van der Waals surface area (Å²) >= 11 is 0. The zero-order valence-corrected chi connectivity index (χ0v) is 4.94. The molecule has 0 amide bonds. The van der Waals surface area contributed by atoms with Crippen LogP contribution in [0, 0.1) is 0 Å². The van der Waals surface area contributed by atoms with Crippen LogP contribution in [0.15, 0.2) is 22.8 Å². The van der Waals surface area contributed by atoms with Crippen LogP contribution in [0.1, 0.15) is 10.6 Å². The molecule has 0 spiro atoms. The summed E-state index contributed by atoms with van der Waals surface area (Å²) in [5, 5.41) is 8.30. The molecule has 0 radical (unpaired) electrons. The van der Waals surface area contributed by atoms with Crippen molar-refractivity contribution in [3.8, 4) is 0 Å². The maximum absolute atomic E-state index is 10.1. The van der Waals surface area contributed by atoms with E-state index >= 15 is 0 Å². The molecule has 0 fully saturated rings. The van der Waals surface area contributed by atoms with Gasteiger partial charge in [-0.1, -0.05) is 0 Å². The van der Waals surface area contributed by atoms with Gasteiger partial charge in [0.05, 0.1) is 12.1 Å². The third kappa shape index (κ3) is 1.22. The largest absolute Gasteiger partial charge is 0.475 e. The van der Waals surface area contributed by atoms with Gasteiger partial charge in [-0.05, 0) is 0 Å². The van der Waals surface area contributed by atoms with E-state index in [9.17, 15) is 4.79 Å². The summed E-state index contributed by atoms with van der Waals surface area (Å²) in [5.41, 5.74) is -0.122. The number of carbonyl (C=O) groups is 1. The summed E-state index contributed by atoms with van der Waals surface area (Å²) < 4.78 is 4.51. The fourth-order valence-electron chi connectivity index (χ4n) is 0.506. The molecule has 0 saturated heterocycles. The Morgan fingerprint density at radius 1 is 1.70 bits per heavy atom. The third-order valence-electron chi connectivity index (χ3n) is 0.924. The van der Waals surface area contributed by atoms with Crippen molar-refractivity contribution in [2.45, 2.75) is 0 Å². The van der Waals surface area contributed by atoms with Gasteiger partial charge in [0.1, 0.15) is 6.26 Å². The summed E-state index contributed by atoms with van der Waals surface area (Å²) in [6.45, 7) is 0. The zero-order valence-electron chi connectivity index (χ0n) is 4.94. The molecule has 2 N–H and O–H groups in total. The van der Waals surface area contributed by atoms with Crippen LogP contribution in [0.4, 0.5) is 0 Å². The lowest BCUT2D eigenvalue weighted by molar-refractivity contribution is 0.0659. The van der Waals surface area contributed by atoms with E-state index in [4.69, 9.17) is 9.90 Å². The van der Waals surface area contributed by atoms with Gasteiger partial charge in [-0.25, -0.2) is 4.79 Å². The van der Waals surface area contributed by atoms with Gasteiger partial charge in [-0.15, -0.1) is 0 Å². The summed E-state index contributed by atoms with van der Waals surface area (Å²) in [4.78, 5) is 18.9. The molecule has 4 heteroatoms. The number of carboxylic acid groups (broad SMARTS) is 1. The van der Waals surface area contributed by atoms with Gasteiger partial charge in [0, 0.05) is 0 Å². The van der Waals surface area contributed by atoms with Crippen LogP contribution in [0.5, 0.6) is 0 Å². The first kappa shape index (κ1) is 6.54. The minimum atomic E-state index is -1.20. The molecule has 1 rings (SSSR count). The molecule has 10 heavy (non-hydrogen) atoms. The van der Waals surface area contributed by atoms with Crippen molar-refractivity contribution in [2.75, 3.05) is 0 Å². The number of rotatable bonds is 1. The fraction of sp³-hybridized carbons (Fsp3) is 0. The fourth-order valence-corrected chi connectivity index (χ4v) is 0.506. The summed E-state index contributed by atoms with van der Waals surface area (Å²) in [7, 11) is 0. The highest BCUT2D eigenvalue weighted by Gasteiger charge is 2.05. The second-order valence-electron chi connectivity index (χ2n) is 1.66. The van der Waals surface area contributed by atoms with E-state index in [1.165, 1.54) is 6.07 Å². The molecule has 0 atom stereocenters. The molecule has 0 aliphatic rings. The van der Waals surface area contributed by atoms with Crippen molar-refractivity contribution in [3.63, 3.8) is 0 Å². The van der Waals surface area contributed by atoms with Crippen LogP contribution in [-0.2, 0) is 0 Å². The maximum atomic E-state index is 10.1. The van der Waals surface area contributed by atoms with Crippen molar-refractivity contribution in [2.24, 2.45) is 0 Å². The van der Waals surface area contributed by atoms with E-state index < -0.39 is 5.97 Å². The van der Waals surface area contributed by atoms with Crippen LogP contribution < -0.4 is 5.43 Å². The quantitative estimate of drug-likeness (QED) is 0.558. The van der Waals surface area contributed by atoms with E-state index in [0.717, 1.165) is 12.3 Å². The predicted molar refractivity (Wildman–Crippen MR) is 30.7 cm³/mol. The summed E-state index contributed by atoms with van der Waals surface area (Å²) in [6.07, 6.45) is 1.11. The zero-order chi connectivity index (χ0) is 7.56. The number of hydrogen-bond donors (Lipinski definition) is 1.